The third-order valence-corrected chi connectivity index (χ3v) is 6.34. The summed E-state index contributed by atoms with van der Waals surface area (Å²) in [6.07, 6.45) is 3.17. The number of nitrogens with zero attached hydrogens (tertiary/aromatic N) is 3. The highest BCUT2D eigenvalue weighted by molar-refractivity contribution is 5.97. The van der Waals surface area contributed by atoms with Gasteiger partial charge in [-0.2, -0.15) is 5.10 Å². The molecule has 0 unspecified atom stereocenters. The van der Waals surface area contributed by atoms with Gasteiger partial charge in [0, 0.05) is 43.6 Å². The standard InChI is InChI=1S/C24H24FN3O3/c1-3-28-21-16-7-4-5-10-20(16)31-24(18(21)15-26-28)11-13-27(14-12-24)23(29)17-8-6-9-19(25)22(17)30-2/h4-10,15H,3,11-14H2,1-2H3. The highest BCUT2D eigenvalue weighted by atomic mass is 19.1. The molecule has 0 saturated carbocycles. The molecule has 1 fully saturated rings. The Morgan fingerprint density at radius 1 is 1.19 bits per heavy atom. The van der Waals surface area contributed by atoms with Crippen LogP contribution in [0.5, 0.6) is 11.5 Å². The zero-order chi connectivity index (χ0) is 21.6. The maximum absolute atomic E-state index is 14.1. The van der Waals surface area contributed by atoms with E-state index in [1.807, 2.05) is 29.1 Å². The predicted molar refractivity (Wildman–Crippen MR) is 114 cm³/mol. The highest BCUT2D eigenvalue weighted by Gasteiger charge is 2.46. The lowest BCUT2D eigenvalue weighted by Gasteiger charge is -2.44. The molecule has 1 spiro atoms. The van der Waals surface area contributed by atoms with Crippen molar-refractivity contribution in [1.82, 2.24) is 14.7 Å². The quantitative estimate of drug-likeness (QED) is 0.635. The van der Waals surface area contributed by atoms with Crippen molar-refractivity contribution in [2.45, 2.75) is 31.9 Å². The van der Waals surface area contributed by atoms with Gasteiger partial charge < -0.3 is 14.4 Å². The van der Waals surface area contributed by atoms with Crippen LogP contribution in [-0.4, -0.2) is 40.8 Å². The minimum Gasteiger partial charge on any atom is -0.493 e. The summed E-state index contributed by atoms with van der Waals surface area (Å²) in [5.74, 6) is 0.0662. The summed E-state index contributed by atoms with van der Waals surface area (Å²) in [5, 5.41) is 4.60. The molecule has 0 radical (unpaired) electrons. The van der Waals surface area contributed by atoms with Gasteiger partial charge in [-0.3, -0.25) is 9.48 Å². The van der Waals surface area contributed by atoms with E-state index >= 15 is 0 Å². The van der Waals surface area contributed by atoms with Gasteiger partial charge in [-0.1, -0.05) is 18.2 Å². The smallest absolute Gasteiger partial charge is 0.257 e. The topological polar surface area (TPSA) is 56.6 Å². The second-order valence-electron chi connectivity index (χ2n) is 7.93. The number of carbonyl (C=O) groups excluding carboxylic acids is 1. The Hall–Kier alpha value is -3.35. The van der Waals surface area contributed by atoms with Crippen molar-refractivity contribution in [2.24, 2.45) is 0 Å². The van der Waals surface area contributed by atoms with E-state index in [2.05, 4.69) is 18.1 Å². The second kappa shape index (κ2) is 7.41. The third kappa shape index (κ3) is 2.99. The van der Waals surface area contributed by atoms with Gasteiger partial charge >= 0.3 is 0 Å². The van der Waals surface area contributed by atoms with Gasteiger partial charge in [-0.05, 0) is 31.2 Å². The molecule has 3 aromatic rings. The van der Waals surface area contributed by atoms with Crippen molar-refractivity contribution in [3.8, 4) is 22.8 Å². The minimum atomic E-state index is -0.536. The summed E-state index contributed by atoms with van der Waals surface area (Å²) in [7, 11) is 1.38. The Kier molecular flexibility index (Phi) is 4.68. The van der Waals surface area contributed by atoms with E-state index in [-0.39, 0.29) is 17.2 Å². The molecule has 0 aliphatic carbocycles. The van der Waals surface area contributed by atoms with Crippen LogP contribution < -0.4 is 9.47 Å². The van der Waals surface area contributed by atoms with Gasteiger partial charge in [0.15, 0.2) is 11.6 Å². The van der Waals surface area contributed by atoms with Crippen LogP contribution in [0.3, 0.4) is 0 Å². The first-order valence-electron chi connectivity index (χ1n) is 10.5. The van der Waals surface area contributed by atoms with Crippen molar-refractivity contribution in [3.63, 3.8) is 0 Å². The first kappa shape index (κ1) is 19.6. The van der Waals surface area contributed by atoms with Gasteiger partial charge in [0.1, 0.15) is 11.4 Å². The number of halogens is 1. The average Bonchev–Trinajstić information content (AvgIpc) is 3.25. The molecule has 160 valence electrons. The first-order valence-corrected chi connectivity index (χ1v) is 10.5. The number of carbonyl (C=O) groups is 1. The number of rotatable bonds is 3. The van der Waals surface area contributed by atoms with E-state index in [1.165, 1.54) is 19.2 Å². The van der Waals surface area contributed by atoms with Crippen molar-refractivity contribution < 1.29 is 18.7 Å². The molecule has 2 aliphatic heterocycles. The van der Waals surface area contributed by atoms with Gasteiger partial charge in [0.2, 0.25) is 0 Å². The number of para-hydroxylation sites is 2. The third-order valence-electron chi connectivity index (χ3n) is 6.34. The fourth-order valence-electron chi connectivity index (χ4n) is 4.76. The predicted octanol–water partition coefficient (Wildman–Crippen LogP) is 4.24. The molecule has 1 saturated heterocycles. The number of benzene rings is 2. The van der Waals surface area contributed by atoms with Gasteiger partial charge in [0.05, 0.1) is 24.6 Å². The van der Waals surface area contributed by atoms with Crippen LogP contribution in [0.2, 0.25) is 0 Å². The number of likely N-dealkylation sites (tertiary alicyclic amines) is 1. The van der Waals surface area contributed by atoms with E-state index in [4.69, 9.17) is 9.47 Å². The molecule has 1 aromatic heterocycles. The molecule has 2 aliphatic rings. The van der Waals surface area contributed by atoms with Crippen LogP contribution in [0, 0.1) is 5.82 Å². The molecule has 7 heteroatoms. The van der Waals surface area contributed by atoms with Crippen molar-refractivity contribution in [2.75, 3.05) is 20.2 Å². The monoisotopic (exact) mass is 421 g/mol. The lowest BCUT2D eigenvalue weighted by molar-refractivity contribution is -0.00183. The molecule has 0 atom stereocenters. The number of fused-ring (bicyclic) bond motifs is 4. The zero-order valence-electron chi connectivity index (χ0n) is 17.6. The number of amides is 1. The van der Waals surface area contributed by atoms with E-state index in [0.29, 0.717) is 25.9 Å². The van der Waals surface area contributed by atoms with Crippen LogP contribution in [0.4, 0.5) is 4.39 Å². The van der Waals surface area contributed by atoms with E-state index in [1.54, 1.807) is 11.0 Å². The number of methoxy groups -OCH3 is 1. The molecule has 0 N–H and O–H groups in total. The van der Waals surface area contributed by atoms with E-state index < -0.39 is 11.4 Å². The lowest BCUT2D eigenvalue weighted by atomic mass is 9.81. The molecule has 31 heavy (non-hydrogen) atoms. The van der Waals surface area contributed by atoms with Gasteiger partial charge in [-0.15, -0.1) is 0 Å². The minimum absolute atomic E-state index is 0.0119. The summed E-state index contributed by atoms with van der Waals surface area (Å²) < 4.78 is 27.8. The molecule has 6 nitrogen and oxygen atoms in total. The van der Waals surface area contributed by atoms with Crippen LogP contribution in [0.1, 0.15) is 35.7 Å². The average molecular weight is 421 g/mol. The van der Waals surface area contributed by atoms with E-state index in [0.717, 1.165) is 29.1 Å². The molecular weight excluding hydrogens is 397 g/mol. The van der Waals surface area contributed by atoms with Crippen LogP contribution >= 0.6 is 0 Å². The first-order chi connectivity index (χ1) is 15.1. The van der Waals surface area contributed by atoms with E-state index in [9.17, 15) is 9.18 Å². The number of aryl methyl sites for hydroxylation is 1. The zero-order valence-corrected chi connectivity index (χ0v) is 17.6. The molecule has 0 bridgehead atoms. The Balaban J connectivity index is 1.45. The largest absolute Gasteiger partial charge is 0.493 e. The summed E-state index contributed by atoms with van der Waals surface area (Å²) in [5.41, 5.74) is 2.93. The number of hydrogen-bond donors (Lipinski definition) is 0. The molecule has 2 aromatic carbocycles. The maximum atomic E-state index is 14.1. The highest BCUT2D eigenvalue weighted by Crippen LogP contribution is 2.49. The summed E-state index contributed by atoms with van der Waals surface area (Å²) in [4.78, 5) is 14.9. The summed E-state index contributed by atoms with van der Waals surface area (Å²) in [6, 6.07) is 12.4. The number of ether oxygens (including phenoxy) is 2. The summed E-state index contributed by atoms with van der Waals surface area (Å²) >= 11 is 0. The molecule has 1 amide bonds. The number of piperidine rings is 1. The maximum Gasteiger partial charge on any atom is 0.257 e. The molecule has 3 heterocycles. The van der Waals surface area contributed by atoms with Crippen LogP contribution in [0.15, 0.2) is 48.7 Å². The van der Waals surface area contributed by atoms with Gasteiger partial charge in [0.25, 0.3) is 5.91 Å². The molecule has 5 rings (SSSR count). The second-order valence-corrected chi connectivity index (χ2v) is 7.93. The number of aromatic nitrogens is 2. The lowest BCUT2D eigenvalue weighted by Crippen LogP contribution is -2.49. The fourth-order valence-corrected chi connectivity index (χ4v) is 4.76. The fraction of sp³-hybridized carbons (Fsp3) is 0.333. The van der Waals surface area contributed by atoms with Crippen molar-refractivity contribution in [1.29, 1.82) is 0 Å². The van der Waals surface area contributed by atoms with Gasteiger partial charge in [-0.25, -0.2) is 4.39 Å². The SMILES string of the molecule is CCn1ncc2c1-c1ccccc1OC21CCN(C(=O)c2cccc(F)c2OC)CC1. The Morgan fingerprint density at radius 2 is 1.97 bits per heavy atom. The Labute approximate surface area is 180 Å². The Bertz CT molecular complexity index is 1150. The summed E-state index contributed by atoms with van der Waals surface area (Å²) in [6.45, 7) is 3.84. The van der Waals surface area contributed by atoms with Crippen LogP contribution in [-0.2, 0) is 12.1 Å². The normalized spacial score (nSPS) is 16.4. The van der Waals surface area contributed by atoms with Crippen LogP contribution in [0.25, 0.3) is 11.3 Å². The van der Waals surface area contributed by atoms with Crippen molar-refractivity contribution in [3.05, 3.63) is 65.6 Å². The molecular formula is C24H24FN3O3. The van der Waals surface area contributed by atoms with Crippen molar-refractivity contribution >= 4 is 5.91 Å². The Morgan fingerprint density at radius 3 is 2.71 bits per heavy atom. The number of hydrogen-bond acceptors (Lipinski definition) is 4.